The average Bonchev–Trinajstić information content (AvgIpc) is 2.96. The first-order valence-corrected chi connectivity index (χ1v) is 4.83. The van der Waals surface area contributed by atoms with E-state index < -0.39 is 5.97 Å². The molecule has 3 atom stereocenters. The molecule has 1 saturated carbocycles. The van der Waals surface area contributed by atoms with Gasteiger partial charge in [-0.3, -0.25) is 4.79 Å². The Kier molecular flexibility index (Phi) is 2.44. The maximum absolute atomic E-state index is 12.9. The topological polar surface area (TPSA) is 63.3 Å². The highest BCUT2D eigenvalue weighted by Crippen LogP contribution is 2.46. The molecule has 3 nitrogen and oxygen atoms in total. The van der Waals surface area contributed by atoms with E-state index in [9.17, 15) is 9.18 Å². The smallest absolute Gasteiger partial charge is 0.306 e. The van der Waals surface area contributed by atoms with Crippen LogP contribution in [0, 0.1) is 17.7 Å². The molecule has 0 amide bonds. The van der Waals surface area contributed by atoms with Crippen molar-refractivity contribution in [2.45, 2.75) is 12.5 Å². The highest BCUT2D eigenvalue weighted by Gasteiger charge is 2.47. The van der Waals surface area contributed by atoms with E-state index in [4.69, 9.17) is 10.8 Å². The molecule has 80 valence electrons. The molecule has 0 aliphatic heterocycles. The molecule has 1 aliphatic carbocycles. The first-order valence-electron chi connectivity index (χ1n) is 4.83. The lowest BCUT2D eigenvalue weighted by Gasteiger charge is -2.10. The minimum absolute atomic E-state index is 0.0516. The Morgan fingerprint density at radius 1 is 1.60 bits per heavy atom. The van der Waals surface area contributed by atoms with Crippen LogP contribution < -0.4 is 5.73 Å². The predicted molar refractivity (Wildman–Crippen MR) is 52.6 cm³/mol. The molecule has 1 aromatic carbocycles. The van der Waals surface area contributed by atoms with Crippen molar-refractivity contribution in [3.8, 4) is 0 Å². The summed E-state index contributed by atoms with van der Waals surface area (Å²) in [5, 5.41) is 8.74. The number of benzene rings is 1. The van der Waals surface area contributed by atoms with Crippen LogP contribution in [0.2, 0.25) is 0 Å². The lowest BCUT2D eigenvalue weighted by atomic mass is 10.0. The Bertz CT molecular complexity index is 394. The molecule has 1 aromatic rings. The number of carboxylic acid groups (broad SMARTS) is 1. The van der Waals surface area contributed by atoms with Crippen LogP contribution in [-0.4, -0.2) is 11.1 Å². The van der Waals surface area contributed by atoms with E-state index in [0.29, 0.717) is 12.0 Å². The van der Waals surface area contributed by atoms with Crippen molar-refractivity contribution in [3.63, 3.8) is 0 Å². The summed E-state index contributed by atoms with van der Waals surface area (Å²) in [7, 11) is 0. The fourth-order valence-electron chi connectivity index (χ4n) is 1.86. The molecule has 0 radical (unpaired) electrons. The zero-order valence-corrected chi connectivity index (χ0v) is 8.06. The van der Waals surface area contributed by atoms with Gasteiger partial charge in [0.15, 0.2) is 0 Å². The monoisotopic (exact) mass is 209 g/mol. The number of hydrogen-bond donors (Lipinski definition) is 2. The molecule has 1 aliphatic rings. The molecule has 3 N–H and O–H groups in total. The van der Waals surface area contributed by atoms with Gasteiger partial charge in [0.25, 0.3) is 0 Å². The first kappa shape index (κ1) is 10.1. The van der Waals surface area contributed by atoms with E-state index in [1.54, 1.807) is 12.1 Å². The maximum Gasteiger partial charge on any atom is 0.306 e. The number of aliphatic carboxylic acids is 1. The summed E-state index contributed by atoms with van der Waals surface area (Å²) in [4.78, 5) is 10.6. The van der Waals surface area contributed by atoms with Gasteiger partial charge in [0.2, 0.25) is 0 Å². The fraction of sp³-hybridized carbons (Fsp3) is 0.364. The highest BCUT2D eigenvalue weighted by atomic mass is 19.1. The third kappa shape index (κ3) is 1.99. The van der Waals surface area contributed by atoms with E-state index in [0.717, 1.165) is 0 Å². The zero-order chi connectivity index (χ0) is 11.0. The lowest BCUT2D eigenvalue weighted by Crippen LogP contribution is -2.15. The second kappa shape index (κ2) is 3.62. The van der Waals surface area contributed by atoms with E-state index in [1.807, 2.05) is 0 Å². The van der Waals surface area contributed by atoms with Crippen molar-refractivity contribution in [1.29, 1.82) is 0 Å². The van der Waals surface area contributed by atoms with Crippen molar-refractivity contribution in [1.82, 2.24) is 0 Å². The van der Waals surface area contributed by atoms with Crippen LogP contribution in [0.4, 0.5) is 4.39 Å². The summed E-state index contributed by atoms with van der Waals surface area (Å²) in [6.07, 6.45) is 0.590. The van der Waals surface area contributed by atoms with Crippen molar-refractivity contribution in [3.05, 3.63) is 35.6 Å². The Hall–Kier alpha value is -1.42. The van der Waals surface area contributed by atoms with Gasteiger partial charge in [-0.25, -0.2) is 4.39 Å². The largest absolute Gasteiger partial charge is 0.481 e. The Morgan fingerprint density at radius 2 is 2.33 bits per heavy atom. The third-order valence-electron chi connectivity index (χ3n) is 2.85. The first-order chi connectivity index (χ1) is 7.09. The number of rotatable bonds is 3. The summed E-state index contributed by atoms with van der Waals surface area (Å²) >= 11 is 0. The standard InChI is InChI=1S/C11H12FNO2/c12-7-3-1-2-6(4-7)10(13)8-5-9(8)11(14)15/h1-4,8-10H,5,13H2,(H,14,15). The molecular weight excluding hydrogens is 197 g/mol. The van der Waals surface area contributed by atoms with Gasteiger partial charge in [0, 0.05) is 6.04 Å². The second-order valence-electron chi connectivity index (χ2n) is 3.93. The Balaban J connectivity index is 2.10. The minimum atomic E-state index is -0.813. The number of carboxylic acids is 1. The molecule has 0 saturated heterocycles. The normalized spacial score (nSPS) is 26.0. The Labute approximate surface area is 86.7 Å². The van der Waals surface area contributed by atoms with Crippen molar-refractivity contribution in [2.24, 2.45) is 17.6 Å². The van der Waals surface area contributed by atoms with Crippen molar-refractivity contribution in [2.75, 3.05) is 0 Å². The summed E-state index contributed by atoms with van der Waals surface area (Å²) in [5.74, 6) is -1.56. The quantitative estimate of drug-likeness (QED) is 0.793. The van der Waals surface area contributed by atoms with Crippen molar-refractivity contribution >= 4 is 5.97 Å². The van der Waals surface area contributed by atoms with E-state index in [-0.39, 0.29) is 23.7 Å². The average molecular weight is 209 g/mol. The molecule has 15 heavy (non-hydrogen) atoms. The molecule has 2 rings (SSSR count). The van der Waals surface area contributed by atoms with Gasteiger partial charge in [-0.2, -0.15) is 0 Å². The molecule has 0 heterocycles. The minimum Gasteiger partial charge on any atom is -0.481 e. The van der Waals surface area contributed by atoms with Crippen LogP contribution in [0.3, 0.4) is 0 Å². The van der Waals surface area contributed by atoms with Crippen LogP contribution in [0.5, 0.6) is 0 Å². The van der Waals surface area contributed by atoms with E-state index >= 15 is 0 Å². The molecule has 4 heteroatoms. The van der Waals surface area contributed by atoms with E-state index in [2.05, 4.69) is 0 Å². The highest BCUT2D eigenvalue weighted by molar-refractivity contribution is 5.73. The number of hydrogen-bond acceptors (Lipinski definition) is 2. The zero-order valence-electron chi connectivity index (χ0n) is 8.06. The second-order valence-corrected chi connectivity index (χ2v) is 3.93. The Morgan fingerprint density at radius 3 is 2.87 bits per heavy atom. The molecular formula is C11H12FNO2. The van der Waals surface area contributed by atoms with Gasteiger partial charge in [-0.1, -0.05) is 12.1 Å². The van der Waals surface area contributed by atoms with Crippen LogP contribution >= 0.6 is 0 Å². The third-order valence-corrected chi connectivity index (χ3v) is 2.85. The van der Waals surface area contributed by atoms with Crippen LogP contribution in [-0.2, 0) is 4.79 Å². The molecule has 1 fully saturated rings. The van der Waals surface area contributed by atoms with Gasteiger partial charge in [0.05, 0.1) is 5.92 Å². The summed E-state index contributed by atoms with van der Waals surface area (Å²) in [5.41, 5.74) is 6.54. The molecule has 0 spiro atoms. The molecule has 3 unspecified atom stereocenters. The number of nitrogens with two attached hydrogens (primary N) is 1. The van der Waals surface area contributed by atoms with Crippen LogP contribution in [0.25, 0.3) is 0 Å². The van der Waals surface area contributed by atoms with Crippen LogP contribution in [0.15, 0.2) is 24.3 Å². The predicted octanol–water partition coefficient (Wildman–Crippen LogP) is 1.55. The summed E-state index contributed by atoms with van der Waals surface area (Å²) in [6, 6.07) is 5.65. The molecule has 0 bridgehead atoms. The van der Waals surface area contributed by atoms with Crippen LogP contribution in [0.1, 0.15) is 18.0 Å². The summed E-state index contributed by atoms with van der Waals surface area (Å²) < 4.78 is 12.9. The van der Waals surface area contributed by atoms with E-state index in [1.165, 1.54) is 12.1 Å². The van der Waals surface area contributed by atoms with Gasteiger partial charge >= 0.3 is 5.97 Å². The number of halogens is 1. The van der Waals surface area contributed by atoms with Crippen molar-refractivity contribution < 1.29 is 14.3 Å². The number of carbonyl (C=O) groups is 1. The van der Waals surface area contributed by atoms with Gasteiger partial charge < -0.3 is 10.8 Å². The molecule has 0 aromatic heterocycles. The van der Waals surface area contributed by atoms with Gasteiger partial charge in [0.1, 0.15) is 5.82 Å². The van der Waals surface area contributed by atoms with Gasteiger partial charge in [-0.05, 0) is 30.0 Å². The van der Waals surface area contributed by atoms with Gasteiger partial charge in [-0.15, -0.1) is 0 Å². The lowest BCUT2D eigenvalue weighted by molar-refractivity contribution is -0.138. The fourth-order valence-corrected chi connectivity index (χ4v) is 1.86. The SMILES string of the molecule is NC(c1cccc(F)c1)C1CC1C(=O)O. The summed E-state index contributed by atoms with van der Waals surface area (Å²) in [6.45, 7) is 0. The maximum atomic E-state index is 12.9.